The standard InChI is InChI=1S/C17H23F2N3O/c1-4-5-10-22(3)12-13-11-20-21-16(13)14-8-6-7-9-15(14)23-17(2,18)19/h6-9,11H,4-5,10,12H2,1-3H3,(H,20,21). The summed E-state index contributed by atoms with van der Waals surface area (Å²) in [5, 5.41) is 6.98. The molecule has 0 bridgehead atoms. The lowest BCUT2D eigenvalue weighted by Gasteiger charge is -2.18. The van der Waals surface area contributed by atoms with Gasteiger partial charge in [-0.15, -0.1) is 0 Å². The molecule has 0 atom stereocenters. The van der Waals surface area contributed by atoms with E-state index in [9.17, 15) is 8.78 Å². The van der Waals surface area contributed by atoms with Crippen LogP contribution in [0.1, 0.15) is 32.3 Å². The summed E-state index contributed by atoms with van der Waals surface area (Å²) >= 11 is 0. The van der Waals surface area contributed by atoms with Crippen LogP contribution in [0.4, 0.5) is 8.78 Å². The highest BCUT2D eigenvalue weighted by Gasteiger charge is 2.25. The van der Waals surface area contributed by atoms with Gasteiger partial charge in [0.15, 0.2) is 0 Å². The summed E-state index contributed by atoms with van der Waals surface area (Å²) in [6, 6.07) is 6.76. The average Bonchev–Trinajstić information content (AvgIpc) is 2.92. The van der Waals surface area contributed by atoms with E-state index in [-0.39, 0.29) is 5.75 Å². The zero-order valence-corrected chi connectivity index (χ0v) is 13.8. The Morgan fingerprint density at radius 2 is 2.04 bits per heavy atom. The Hall–Kier alpha value is -1.95. The molecule has 0 radical (unpaired) electrons. The number of hydrogen-bond acceptors (Lipinski definition) is 3. The van der Waals surface area contributed by atoms with E-state index in [1.54, 1.807) is 24.4 Å². The first-order valence-electron chi connectivity index (χ1n) is 7.77. The lowest BCUT2D eigenvalue weighted by Crippen LogP contribution is -2.20. The smallest absolute Gasteiger partial charge is 0.394 e. The van der Waals surface area contributed by atoms with Gasteiger partial charge in [-0.3, -0.25) is 5.10 Å². The number of halogens is 2. The predicted octanol–water partition coefficient (Wildman–Crippen LogP) is 4.30. The fraction of sp³-hybridized carbons (Fsp3) is 0.471. The molecule has 2 aromatic rings. The third kappa shape index (κ3) is 5.03. The number of ether oxygens (including phenoxy) is 1. The molecular weight excluding hydrogens is 300 g/mol. The topological polar surface area (TPSA) is 41.2 Å². The molecule has 2 rings (SSSR count). The lowest BCUT2D eigenvalue weighted by molar-refractivity contribution is -0.158. The third-order valence-corrected chi connectivity index (χ3v) is 3.50. The summed E-state index contributed by atoms with van der Waals surface area (Å²) in [7, 11) is 2.04. The van der Waals surface area contributed by atoms with E-state index in [1.807, 2.05) is 7.05 Å². The molecule has 4 nitrogen and oxygen atoms in total. The highest BCUT2D eigenvalue weighted by molar-refractivity contribution is 5.69. The number of alkyl halides is 2. The van der Waals surface area contributed by atoms with E-state index < -0.39 is 6.11 Å². The molecule has 0 spiro atoms. The van der Waals surface area contributed by atoms with E-state index >= 15 is 0 Å². The van der Waals surface area contributed by atoms with Gasteiger partial charge in [-0.2, -0.15) is 13.9 Å². The fourth-order valence-electron chi connectivity index (χ4n) is 2.42. The van der Waals surface area contributed by atoms with Crippen molar-refractivity contribution >= 4 is 0 Å². The zero-order valence-electron chi connectivity index (χ0n) is 13.8. The van der Waals surface area contributed by atoms with E-state index in [0.29, 0.717) is 17.8 Å². The molecule has 1 heterocycles. The number of rotatable bonds is 8. The number of H-pyrrole nitrogens is 1. The second-order valence-electron chi connectivity index (χ2n) is 5.77. The third-order valence-electron chi connectivity index (χ3n) is 3.50. The van der Waals surface area contributed by atoms with Crippen LogP contribution in [0.15, 0.2) is 30.5 Å². The van der Waals surface area contributed by atoms with Gasteiger partial charge in [0.1, 0.15) is 5.75 Å². The van der Waals surface area contributed by atoms with Crippen LogP contribution >= 0.6 is 0 Å². The number of hydrogen-bond donors (Lipinski definition) is 1. The normalized spacial score (nSPS) is 11.9. The van der Waals surface area contributed by atoms with Crippen molar-refractivity contribution in [2.24, 2.45) is 0 Å². The van der Waals surface area contributed by atoms with Crippen LogP contribution in [0.3, 0.4) is 0 Å². The Balaban J connectivity index is 2.25. The van der Waals surface area contributed by atoms with Crippen LogP contribution in [-0.2, 0) is 6.54 Å². The first-order chi connectivity index (χ1) is 10.9. The summed E-state index contributed by atoms with van der Waals surface area (Å²) in [4.78, 5) is 2.19. The minimum Gasteiger partial charge on any atom is -0.432 e. The zero-order chi connectivity index (χ0) is 16.9. The summed E-state index contributed by atoms with van der Waals surface area (Å²) in [5.41, 5.74) is 2.26. The highest BCUT2D eigenvalue weighted by atomic mass is 19.3. The summed E-state index contributed by atoms with van der Waals surface area (Å²) in [5.74, 6) is 0.140. The molecule has 0 aliphatic rings. The van der Waals surface area contributed by atoms with Crippen LogP contribution in [0.2, 0.25) is 0 Å². The van der Waals surface area contributed by atoms with Crippen molar-refractivity contribution in [3.63, 3.8) is 0 Å². The minimum atomic E-state index is -3.23. The highest BCUT2D eigenvalue weighted by Crippen LogP contribution is 2.34. The molecule has 0 aliphatic heterocycles. The Labute approximate surface area is 135 Å². The van der Waals surface area contributed by atoms with Crippen molar-refractivity contribution in [3.8, 4) is 17.0 Å². The lowest BCUT2D eigenvalue weighted by atomic mass is 10.1. The van der Waals surface area contributed by atoms with Crippen LogP contribution < -0.4 is 4.74 Å². The average molecular weight is 323 g/mol. The number of unbranched alkanes of at least 4 members (excludes halogenated alkanes) is 1. The van der Waals surface area contributed by atoms with Crippen LogP contribution in [-0.4, -0.2) is 34.8 Å². The molecule has 0 aliphatic carbocycles. The number of aromatic nitrogens is 2. The van der Waals surface area contributed by atoms with Gasteiger partial charge in [0, 0.05) is 24.6 Å². The molecule has 23 heavy (non-hydrogen) atoms. The molecular formula is C17H23F2N3O. The van der Waals surface area contributed by atoms with Gasteiger partial charge >= 0.3 is 6.11 Å². The Kier molecular flexibility index (Phi) is 5.71. The maximum absolute atomic E-state index is 13.2. The number of aromatic amines is 1. The van der Waals surface area contributed by atoms with Crippen molar-refractivity contribution in [2.45, 2.75) is 39.3 Å². The summed E-state index contributed by atoms with van der Waals surface area (Å²) in [6.07, 6.45) is 0.753. The molecule has 0 saturated heterocycles. The van der Waals surface area contributed by atoms with Gasteiger partial charge in [-0.05, 0) is 32.1 Å². The van der Waals surface area contributed by atoms with Crippen molar-refractivity contribution in [1.29, 1.82) is 0 Å². The van der Waals surface area contributed by atoms with E-state index in [0.717, 1.165) is 31.9 Å². The van der Waals surface area contributed by atoms with Gasteiger partial charge in [-0.1, -0.05) is 25.5 Å². The molecule has 0 saturated carbocycles. The van der Waals surface area contributed by atoms with Gasteiger partial charge in [0.05, 0.1) is 11.9 Å². The second kappa shape index (κ2) is 7.55. The molecule has 0 fully saturated rings. The van der Waals surface area contributed by atoms with E-state index in [2.05, 4.69) is 22.0 Å². The number of nitrogens with one attached hydrogen (secondary N) is 1. The first-order valence-corrected chi connectivity index (χ1v) is 7.77. The first kappa shape index (κ1) is 17.4. The largest absolute Gasteiger partial charge is 0.432 e. The maximum atomic E-state index is 13.2. The molecule has 1 aromatic heterocycles. The van der Waals surface area contributed by atoms with E-state index in [1.165, 1.54) is 6.07 Å². The van der Waals surface area contributed by atoms with Gasteiger partial charge in [0.2, 0.25) is 0 Å². The monoisotopic (exact) mass is 323 g/mol. The number of benzene rings is 1. The molecule has 6 heteroatoms. The van der Waals surface area contributed by atoms with Crippen molar-refractivity contribution in [2.75, 3.05) is 13.6 Å². The van der Waals surface area contributed by atoms with Crippen LogP contribution in [0.5, 0.6) is 5.75 Å². The van der Waals surface area contributed by atoms with Gasteiger partial charge in [0.25, 0.3) is 0 Å². The quantitative estimate of drug-likeness (QED) is 0.787. The van der Waals surface area contributed by atoms with Crippen LogP contribution in [0, 0.1) is 0 Å². The van der Waals surface area contributed by atoms with Gasteiger partial charge < -0.3 is 9.64 Å². The molecule has 0 amide bonds. The van der Waals surface area contributed by atoms with Crippen molar-refractivity contribution in [3.05, 3.63) is 36.0 Å². The second-order valence-corrected chi connectivity index (χ2v) is 5.77. The predicted molar refractivity (Wildman–Crippen MR) is 86.5 cm³/mol. The Morgan fingerprint density at radius 1 is 1.30 bits per heavy atom. The number of nitrogens with zero attached hydrogens (tertiary/aromatic N) is 2. The summed E-state index contributed by atoms with van der Waals surface area (Å²) < 4.78 is 31.2. The molecule has 126 valence electrons. The van der Waals surface area contributed by atoms with Gasteiger partial charge in [-0.25, -0.2) is 0 Å². The maximum Gasteiger partial charge on any atom is 0.394 e. The molecule has 1 aromatic carbocycles. The minimum absolute atomic E-state index is 0.140. The number of para-hydroxylation sites is 1. The fourth-order valence-corrected chi connectivity index (χ4v) is 2.42. The SMILES string of the molecule is CCCCN(C)Cc1cn[nH]c1-c1ccccc1OC(C)(F)F. The van der Waals surface area contributed by atoms with Crippen molar-refractivity contribution in [1.82, 2.24) is 15.1 Å². The van der Waals surface area contributed by atoms with Crippen molar-refractivity contribution < 1.29 is 13.5 Å². The molecule has 0 unspecified atom stereocenters. The Bertz CT molecular complexity index is 622. The molecule has 1 N–H and O–H groups in total. The van der Waals surface area contributed by atoms with Crippen LogP contribution in [0.25, 0.3) is 11.3 Å². The summed E-state index contributed by atoms with van der Waals surface area (Å²) in [6.45, 7) is 4.56. The van der Waals surface area contributed by atoms with E-state index in [4.69, 9.17) is 4.74 Å². The Morgan fingerprint density at radius 3 is 2.74 bits per heavy atom.